The van der Waals surface area contributed by atoms with E-state index in [0.717, 1.165) is 19.2 Å². The molecule has 96 valence electrons. The fraction of sp³-hybridized carbons (Fsp3) is 0.455. The minimum absolute atomic E-state index is 0.296. The van der Waals surface area contributed by atoms with Gasteiger partial charge in [0.1, 0.15) is 5.75 Å². The van der Waals surface area contributed by atoms with Crippen molar-refractivity contribution < 1.29 is 23.0 Å². The van der Waals surface area contributed by atoms with Crippen molar-refractivity contribution in [1.82, 2.24) is 0 Å². The van der Waals surface area contributed by atoms with E-state index in [4.69, 9.17) is 5.73 Å². The third-order valence-electron chi connectivity index (χ3n) is 2.37. The van der Waals surface area contributed by atoms with Gasteiger partial charge in [-0.2, -0.15) is 13.2 Å². The van der Waals surface area contributed by atoms with Gasteiger partial charge in [-0.3, -0.25) is 0 Å². The Labute approximate surface area is 97.0 Å². The lowest BCUT2D eigenvalue weighted by atomic mass is 10.0. The minimum Gasteiger partial charge on any atom is -0.496 e. The highest BCUT2D eigenvalue weighted by Gasteiger charge is 2.34. The summed E-state index contributed by atoms with van der Waals surface area (Å²) >= 11 is 0. The summed E-state index contributed by atoms with van der Waals surface area (Å²) < 4.78 is 42.3. The summed E-state index contributed by atoms with van der Waals surface area (Å²) in [6.45, 7) is 1.56. The number of alkyl halides is 3. The van der Waals surface area contributed by atoms with E-state index in [1.165, 1.54) is 6.07 Å². The molecule has 1 rings (SSSR count). The molecule has 2 unspecified atom stereocenters. The molecular formula is C11H14F3NO2. The zero-order chi connectivity index (χ0) is 13.2. The summed E-state index contributed by atoms with van der Waals surface area (Å²) in [5, 5.41) is 9.65. The Hall–Kier alpha value is -1.27. The monoisotopic (exact) mass is 249 g/mol. The number of methoxy groups -OCH3 is 1. The average molecular weight is 249 g/mol. The molecular weight excluding hydrogens is 235 g/mol. The number of nitrogens with two attached hydrogens (primary N) is 1. The van der Waals surface area contributed by atoms with Gasteiger partial charge in [0.25, 0.3) is 0 Å². The van der Waals surface area contributed by atoms with Crippen LogP contribution in [-0.2, 0) is 6.18 Å². The van der Waals surface area contributed by atoms with Gasteiger partial charge in [0, 0.05) is 6.04 Å². The van der Waals surface area contributed by atoms with Gasteiger partial charge in [-0.15, -0.1) is 0 Å². The molecule has 3 nitrogen and oxygen atoms in total. The van der Waals surface area contributed by atoms with Crippen molar-refractivity contribution in [3.63, 3.8) is 0 Å². The highest BCUT2D eigenvalue weighted by atomic mass is 19.4. The van der Waals surface area contributed by atoms with Crippen molar-refractivity contribution >= 4 is 0 Å². The Bertz CT molecular complexity index is 391. The Balaban J connectivity index is 3.18. The molecule has 0 bridgehead atoms. The van der Waals surface area contributed by atoms with Crippen LogP contribution >= 0.6 is 0 Å². The second-order valence-corrected chi connectivity index (χ2v) is 3.76. The molecule has 0 aromatic heterocycles. The molecule has 0 aliphatic carbocycles. The van der Waals surface area contributed by atoms with Gasteiger partial charge in [-0.1, -0.05) is 6.07 Å². The van der Waals surface area contributed by atoms with Crippen LogP contribution in [0.1, 0.15) is 24.2 Å². The van der Waals surface area contributed by atoms with Gasteiger partial charge in [0.2, 0.25) is 0 Å². The fourth-order valence-electron chi connectivity index (χ4n) is 1.43. The lowest BCUT2D eigenvalue weighted by Gasteiger charge is -2.18. The van der Waals surface area contributed by atoms with E-state index in [1.807, 2.05) is 0 Å². The van der Waals surface area contributed by atoms with Gasteiger partial charge in [0.05, 0.1) is 18.8 Å². The summed E-state index contributed by atoms with van der Waals surface area (Å²) in [5.74, 6) is -0.324. The molecule has 0 amide bonds. The quantitative estimate of drug-likeness (QED) is 0.862. The van der Waals surface area contributed by atoms with E-state index in [0.29, 0.717) is 5.56 Å². The van der Waals surface area contributed by atoms with Gasteiger partial charge in [0.15, 0.2) is 0 Å². The second kappa shape index (κ2) is 4.93. The second-order valence-electron chi connectivity index (χ2n) is 3.76. The van der Waals surface area contributed by atoms with Gasteiger partial charge < -0.3 is 15.6 Å². The normalized spacial score (nSPS) is 15.5. The molecule has 0 radical (unpaired) electrons. The molecule has 0 fully saturated rings. The van der Waals surface area contributed by atoms with Crippen LogP contribution in [0.2, 0.25) is 0 Å². The first kappa shape index (κ1) is 13.8. The van der Waals surface area contributed by atoms with Crippen LogP contribution in [0, 0.1) is 0 Å². The summed E-state index contributed by atoms with van der Waals surface area (Å²) in [7, 11) is 1.15. The molecule has 1 aromatic rings. The van der Waals surface area contributed by atoms with E-state index in [2.05, 4.69) is 4.74 Å². The standard InChI is InChI=1S/C11H14F3NO2/c1-6(15)10(16)7-3-4-8(11(12,13)14)9(5-7)17-2/h3-6,10,16H,15H2,1-2H3. The molecule has 2 atom stereocenters. The number of aliphatic hydroxyl groups is 1. The Kier molecular flexibility index (Phi) is 4.00. The maximum absolute atomic E-state index is 12.6. The molecule has 0 saturated carbocycles. The molecule has 0 spiro atoms. The summed E-state index contributed by atoms with van der Waals surface area (Å²) in [4.78, 5) is 0. The number of benzene rings is 1. The number of ether oxygens (including phenoxy) is 1. The molecule has 1 aromatic carbocycles. The van der Waals surface area contributed by atoms with Crippen LogP contribution in [0.25, 0.3) is 0 Å². The maximum atomic E-state index is 12.6. The van der Waals surface area contributed by atoms with Crippen molar-refractivity contribution in [3.05, 3.63) is 29.3 Å². The summed E-state index contributed by atoms with van der Waals surface area (Å²) in [6.07, 6.45) is -5.51. The van der Waals surface area contributed by atoms with Crippen LogP contribution in [0.3, 0.4) is 0 Å². The first-order valence-electron chi connectivity index (χ1n) is 4.96. The van der Waals surface area contributed by atoms with Gasteiger partial charge in [-0.25, -0.2) is 0 Å². The first-order chi connectivity index (χ1) is 7.77. The molecule has 3 N–H and O–H groups in total. The van der Waals surface area contributed by atoms with E-state index < -0.39 is 23.9 Å². The van der Waals surface area contributed by atoms with Crippen LogP contribution in [-0.4, -0.2) is 18.3 Å². The Morgan fingerprint density at radius 1 is 1.35 bits per heavy atom. The third kappa shape index (κ3) is 3.10. The number of hydrogen-bond acceptors (Lipinski definition) is 3. The average Bonchev–Trinajstić information content (AvgIpc) is 2.25. The van der Waals surface area contributed by atoms with Crippen molar-refractivity contribution in [2.45, 2.75) is 25.2 Å². The van der Waals surface area contributed by atoms with Crippen LogP contribution < -0.4 is 10.5 Å². The maximum Gasteiger partial charge on any atom is 0.419 e. The molecule has 0 aliphatic rings. The summed E-state index contributed by atoms with van der Waals surface area (Å²) in [5.41, 5.74) is 4.89. The van der Waals surface area contributed by atoms with Crippen molar-refractivity contribution in [3.8, 4) is 5.75 Å². The van der Waals surface area contributed by atoms with E-state index in [-0.39, 0.29) is 5.75 Å². The van der Waals surface area contributed by atoms with Crippen molar-refractivity contribution in [2.24, 2.45) is 5.73 Å². The number of aliphatic hydroxyl groups excluding tert-OH is 1. The first-order valence-corrected chi connectivity index (χ1v) is 4.96. The zero-order valence-corrected chi connectivity index (χ0v) is 9.45. The molecule has 0 saturated heterocycles. The smallest absolute Gasteiger partial charge is 0.419 e. The predicted molar refractivity (Wildman–Crippen MR) is 56.6 cm³/mol. The van der Waals surface area contributed by atoms with E-state index in [9.17, 15) is 18.3 Å². The molecule has 0 heterocycles. The zero-order valence-electron chi connectivity index (χ0n) is 9.45. The SMILES string of the molecule is COc1cc(C(O)C(C)N)ccc1C(F)(F)F. The van der Waals surface area contributed by atoms with Crippen molar-refractivity contribution in [2.75, 3.05) is 7.11 Å². The Morgan fingerprint density at radius 3 is 2.35 bits per heavy atom. The van der Waals surface area contributed by atoms with E-state index >= 15 is 0 Å². The van der Waals surface area contributed by atoms with Gasteiger partial charge >= 0.3 is 6.18 Å². The molecule has 0 aliphatic heterocycles. The van der Waals surface area contributed by atoms with Crippen LogP contribution in [0.15, 0.2) is 18.2 Å². The molecule has 6 heteroatoms. The lowest BCUT2D eigenvalue weighted by molar-refractivity contribution is -0.138. The number of rotatable bonds is 3. The largest absolute Gasteiger partial charge is 0.496 e. The highest BCUT2D eigenvalue weighted by molar-refractivity contribution is 5.40. The third-order valence-corrected chi connectivity index (χ3v) is 2.37. The lowest BCUT2D eigenvalue weighted by Crippen LogP contribution is -2.24. The Morgan fingerprint density at radius 2 is 1.94 bits per heavy atom. The van der Waals surface area contributed by atoms with Gasteiger partial charge in [-0.05, 0) is 24.6 Å². The van der Waals surface area contributed by atoms with Crippen LogP contribution in [0.5, 0.6) is 5.75 Å². The number of halogens is 3. The number of hydrogen-bond donors (Lipinski definition) is 2. The van der Waals surface area contributed by atoms with Crippen molar-refractivity contribution in [1.29, 1.82) is 0 Å². The molecule has 17 heavy (non-hydrogen) atoms. The highest BCUT2D eigenvalue weighted by Crippen LogP contribution is 2.37. The summed E-state index contributed by atoms with van der Waals surface area (Å²) in [6, 6.07) is 2.65. The van der Waals surface area contributed by atoms with E-state index in [1.54, 1.807) is 6.92 Å². The topological polar surface area (TPSA) is 55.5 Å². The van der Waals surface area contributed by atoms with Crippen LogP contribution in [0.4, 0.5) is 13.2 Å². The fourth-order valence-corrected chi connectivity index (χ4v) is 1.43. The minimum atomic E-state index is -4.48. The predicted octanol–water partition coefficient (Wildman–Crippen LogP) is 2.09.